The number of hydrogen-bond acceptors (Lipinski definition) is 2. The van der Waals surface area contributed by atoms with E-state index in [0.29, 0.717) is 29.7 Å². The first-order chi connectivity index (χ1) is 14.2. The molecule has 0 saturated carbocycles. The fourth-order valence-electron chi connectivity index (χ4n) is 4.85. The Labute approximate surface area is 191 Å². The topological polar surface area (TPSA) is 15.3 Å². The molecular formula is C27H40AlN2. The van der Waals surface area contributed by atoms with E-state index >= 15 is 0 Å². The molecule has 1 heterocycles. The van der Waals surface area contributed by atoms with Crippen molar-refractivity contribution in [3.05, 3.63) is 64.2 Å². The fourth-order valence-corrected chi connectivity index (χ4v) is 6.25. The van der Waals surface area contributed by atoms with Crippen molar-refractivity contribution in [2.45, 2.75) is 91.5 Å². The largest absolute Gasteiger partial charge is 0.501 e. The molecule has 0 spiro atoms. The van der Waals surface area contributed by atoms with Gasteiger partial charge in [0.2, 0.25) is 0 Å². The van der Waals surface area contributed by atoms with Crippen LogP contribution in [0.2, 0.25) is 0 Å². The number of benzene rings is 2. The number of nitrogens with one attached hydrogen (secondary N) is 1. The molecule has 0 bridgehead atoms. The summed E-state index contributed by atoms with van der Waals surface area (Å²) in [5.41, 5.74) is 9.13. The Morgan fingerprint density at radius 1 is 0.733 bits per heavy atom. The summed E-state index contributed by atoms with van der Waals surface area (Å²) in [7, 11) is 0. The summed E-state index contributed by atoms with van der Waals surface area (Å²) in [6.07, 6.45) is 1.17. The molecule has 0 amide bonds. The molecule has 2 aromatic carbocycles. The van der Waals surface area contributed by atoms with Gasteiger partial charge >= 0.3 is 15.7 Å². The molecule has 0 aromatic heterocycles. The lowest BCUT2D eigenvalue weighted by Crippen LogP contribution is -2.48. The minimum atomic E-state index is 0.0230. The second kappa shape index (κ2) is 9.90. The molecule has 1 atom stereocenters. The van der Waals surface area contributed by atoms with Crippen LogP contribution in [0.1, 0.15) is 119 Å². The predicted molar refractivity (Wildman–Crippen MR) is 133 cm³/mol. The van der Waals surface area contributed by atoms with Crippen molar-refractivity contribution >= 4 is 21.3 Å². The Morgan fingerprint density at radius 2 is 1.17 bits per heavy atom. The van der Waals surface area contributed by atoms with Crippen LogP contribution >= 0.6 is 0 Å². The molecule has 1 aliphatic heterocycles. The summed E-state index contributed by atoms with van der Waals surface area (Å²) in [6, 6.07) is 14.3. The van der Waals surface area contributed by atoms with Crippen molar-refractivity contribution in [1.82, 2.24) is 4.30 Å². The van der Waals surface area contributed by atoms with Crippen molar-refractivity contribution in [3.8, 4) is 0 Å². The third-order valence-electron chi connectivity index (χ3n) is 6.49. The molecule has 3 heteroatoms. The summed E-state index contributed by atoms with van der Waals surface area (Å²) in [4.78, 5) is 0. The van der Waals surface area contributed by atoms with Crippen molar-refractivity contribution in [1.29, 1.82) is 0 Å². The van der Waals surface area contributed by atoms with Gasteiger partial charge in [-0.15, -0.1) is 0 Å². The molecule has 1 saturated heterocycles. The zero-order chi connectivity index (χ0) is 22.0. The van der Waals surface area contributed by atoms with Gasteiger partial charge in [0.05, 0.1) is 0 Å². The van der Waals surface area contributed by atoms with Gasteiger partial charge in [-0.2, -0.15) is 0 Å². The van der Waals surface area contributed by atoms with Crippen LogP contribution in [-0.4, -0.2) is 22.2 Å². The molecule has 161 valence electrons. The normalized spacial score (nSPS) is 17.3. The summed E-state index contributed by atoms with van der Waals surface area (Å²) in [5, 5.41) is 0. The maximum atomic E-state index is 4.02. The van der Waals surface area contributed by atoms with E-state index in [1.165, 1.54) is 34.4 Å². The van der Waals surface area contributed by atoms with E-state index < -0.39 is 0 Å². The van der Waals surface area contributed by atoms with Crippen LogP contribution in [0.4, 0.5) is 5.69 Å². The van der Waals surface area contributed by atoms with E-state index in [1.807, 2.05) is 0 Å². The van der Waals surface area contributed by atoms with Gasteiger partial charge in [-0.25, -0.2) is 0 Å². The van der Waals surface area contributed by atoms with E-state index in [9.17, 15) is 0 Å². The zero-order valence-corrected chi connectivity index (χ0v) is 21.4. The third-order valence-corrected chi connectivity index (χ3v) is 7.87. The van der Waals surface area contributed by atoms with Gasteiger partial charge in [-0.1, -0.05) is 91.8 Å². The number of nitrogens with zero attached hydrogens (tertiary/aromatic N) is 1. The van der Waals surface area contributed by atoms with Crippen LogP contribution in [0.5, 0.6) is 0 Å². The number of hydrogen-bond donors (Lipinski definition) is 1. The van der Waals surface area contributed by atoms with Gasteiger partial charge in [-0.3, -0.25) is 0 Å². The lowest BCUT2D eigenvalue weighted by Gasteiger charge is -2.39. The Morgan fingerprint density at radius 3 is 1.53 bits per heavy atom. The van der Waals surface area contributed by atoms with Crippen LogP contribution in [-0.2, 0) is 0 Å². The molecule has 3 rings (SSSR count). The standard InChI is InChI=1S/C27H40N2.Al/c1-17(2)21-11-9-12-22(18(3)4)26(21)25(28)15-16-29-27-23(19(5)6)13-10-14-24(27)20(7)8;/h9-14,17-20,25,28H,15-16H2,1-8H3;/q-2;+2. The second-order valence-electron chi connectivity index (χ2n) is 10.1. The first-order valence-electron chi connectivity index (χ1n) is 11.8. The average Bonchev–Trinajstić information content (AvgIpc) is 2.72. The van der Waals surface area contributed by atoms with Crippen LogP contribution in [0, 0.1) is 0 Å². The van der Waals surface area contributed by atoms with Crippen LogP contribution in [0.3, 0.4) is 0 Å². The van der Waals surface area contributed by atoms with E-state index in [1.54, 1.807) is 5.56 Å². The zero-order valence-electron chi connectivity index (χ0n) is 20.3. The highest BCUT2D eigenvalue weighted by Crippen LogP contribution is 2.39. The summed E-state index contributed by atoms with van der Waals surface area (Å²) in [5.74, 6) is 2.21. The van der Waals surface area contributed by atoms with Gasteiger partial charge < -0.3 is 8.18 Å². The SMILES string of the molecule is CC(C)c1cccc(C(C)C)c1C1CC[N](c2c(C(C)C)cccc2C(C)C)[Al][NH]1. The number of anilines is 1. The smallest absolute Gasteiger partial charge is 0.455 e. The van der Waals surface area contributed by atoms with Crippen LogP contribution < -0.4 is 8.18 Å². The molecule has 1 fully saturated rings. The first-order valence-corrected chi connectivity index (χ1v) is 12.9. The molecule has 2 nitrogen and oxygen atoms in total. The van der Waals surface area contributed by atoms with Gasteiger partial charge in [-0.05, 0) is 64.5 Å². The van der Waals surface area contributed by atoms with E-state index in [4.69, 9.17) is 0 Å². The van der Waals surface area contributed by atoms with E-state index in [0.717, 1.165) is 6.54 Å². The van der Waals surface area contributed by atoms with Gasteiger partial charge in [0, 0.05) is 11.7 Å². The highest BCUT2D eigenvalue weighted by atomic mass is 27.1. The molecule has 30 heavy (non-hydrogen) atoms. The van der Waals surface area contributed by atoms with Gasteiger partial charge in [0.25, 0.3) is 0 Å². The van der Waals surface area contributed by atoms with Gasteiger partial charge in [0.1, 0.15) is 0 Å². The average molecular weight is 420 g/mol. The molecule has 2 aromatic rings. The molecule has 1 aliphatic rings. The van der Waals surface area contributed by atoms with Crippen LogP contribution in [0.25, 0.3) is 0 Å². The van der Waals surface area contributed by atoms with Crippen molar-refractivity contribution < 1.29 is 0 Å². The maximum Gasteiger partial charge on any atom is 0.501 e. The van der Waals surface area contributed by atoms with Crippen molar-refractivity contribution in [2.75, 3.05) is 10.4 Å². The van der Waals surface area contributed by atoms with Crippen LogP contribution in [0.15, 0.2) is 36.4 Å². The Balaban J connectivity index is 1.92. The lowest BCUT2D eigenvalue weighted by molar-refractivity contribution is 0.560. The van der Waals surface area contributed by atoms with E-state index in [-0.39, 0.29) is 15.7 Å². The predicted octanol–water partition coefficient (Wildman–Crippen LogP) is 7.26. The van der Waals surface area contributed by atoms with Gasteiger partial charge in [0.15, 0.2) is 0 Å². The van der Waals surface area contributed by atoms with Crippen molar-refractivity contribution in [3.63, 3.8) is 0 Å². The third kappa shape index (κ3) is 4.80. The molecule has 0 aliphatic carbocycles. The maximum absolute atomic E-state index is 4.02. The monoisotopic (exact) mass is 419 g/mol. The summed E-state index contributed by atoms with van der Waals surface area (Å²) < 4.78 is 6.69. The number of para-hydroxylation sites is 1. The molecular weight excluding hydrogens is 379 g/mol. The fraction of sp³-hybridized carbons (Fsp3) is 0.556. The second-order valence-corrected chi connectivity index (χ2v) is 11.3. The molecule has 1 N–H and O–H groups in total. The Bertz CT molecular complexity index is 722. The highest BCUT2D eigenvalue weighted by molar-refractivity contribution is 6.39. The minimum Gasteiger partial charge on any atom is -0.455 e. The first kappa shape index (κ1) is 23.4. The molecule has 1 unspecified atom stereocenters. The minimum absolute atomic E-state index is 0.0230. The number of rotatable bonds is 6. The Kier molecular flexibility index (Phi) is 7.72. The van der Waals surface area contributed by atoms with Crippen molar-refractivity contribution in [2.24, 2.45) is 0 Å². The quantitative estimate of drug-likeness (QED) is 0.496. The summed E-state index contributed by atoms with van der Waals surface area (Å²) in [6.45, 7) is 19.8. The lowest BCUT2D eigenvalue weighted by atomic mass is 9.84. The summed E-state index contributed by atoms with van der Waals surface area (Å²) >= 11 is 0.0230. The Hall–Kier alpha value is -1.27. The highest BCUT2D eigenvalue weighted by Gasteiger charge is 2.29. The molecule has 1 radical (unpaired) electrons. The van der Waals surface area contributed by atoms with E-state index in [2.05, 4.69) is 100.0 Å².